The lowest BCUT2D eigenvalue weighted by atomic mass is 10.3. The quantitative estimate of drug-likeness (QED) is 0.377. The summed E-state index contributed by atoms with van der Waals surface area (Å²) in [6, 6.07) is 6.94. The van der Waals surface area contributed by atoms with Crippen LogP contribution in [0.15, 0.2) is 24.3 Å². The number of hydrazine groups is 1. The smallest absolute Gasteiger partial charge is 0.276 e. The highest BCUT2D eigenvalue weighted by Gasteiger charge is 2.03. The molecule has 8 heteroatoms. The van der Waals surface area contributed by atoms with E-state index in [-0.39, 0.29) is 12.5 Å². The number of nitrogens with one attached hydrogen (secondary N) is 3. The van der Waals surface area contributed by atoms with E-state index in [4.69, 9.17) is 26.4 Å². The van der Waals surface area contributed by atoms with Crippen molar-refractivity contribution in [3.05, 3.63) is 24.3 Å². The second-order valence-electron chi connectivity index (χ2n) is 3.89. The monoisotopic (exact) mass is 313 g/mol. The van der Waals surface area contributed by atoms with E-state index in [1.54, 1.807) is 38.5 Å². The van der Waals surface area contributed by atoms with Gasteiger partial charge in [-0.15, -0.1) is 0 Å². The average molecular weight is 313 g/mol. The summed E-state index contributed by atoms with van der Waals surface area (Å²) >= 11 is 4.94. The summed E-state index contributed by atoms with van der Waals surface area (Å²) in [6.45, 7) is 0.955. The first-order chi connectivity index (χ1) is 10.2. The van der Waals surface area contributed by atoms with E-state index in [2.05, 4.69) is 16.2 Å². The lowest BCUT2D eigenvalue weighted by molar-refractivity contribution is -0.123. The number of carbonyl (C=O) groups is 1. The fourth-order valence-electron chi connectivity index (χ4n) is 1.29. The van der Waals surface area contributed by atoms with E-state index in [9.17, 15) is 4.79 Å². The van der Waals surface area contributed by atoms with Gasteiger partial charge in [0.1, 0.15) is 11.5 Å². The second kappa shape index (κ2) is 9.78. The number of methoxy groups -OCH3 is 2. The van der Waals surface area contributed by atoms with Crippen molar-refractivity contribution in [2.45, 2.75) is 0 Å². The van der Waals surface area contributed by atoms with Crippen LogP contribution in [-0.2, 0) is 9.53 Å². The summed E-state index contributed by atoms with van der Waals surface area (Å²) in [5.41, 5.74) is 4.98. The van der Waals surface area contributed by atoms with Crippen molar-refractivity contribution < 1.29 is 19.0 Å². The number of hydrogen-bond donors (Lipinski definition) is 3. The highest BCUT2D eigenvalue weighted by molar-refractivity contribution is 7.80. The van der Waals surface area contributed by atoms with Crippen molar-refractivity contribution in [1.82, 2.24) is 16.2 Å². The molecule has 0 aliphatic heterocycles. The molecule has 21 heavy (non-hydrogen) atoms. The molecule has 1 rings (SSSR count). The predicted octanol–water partition coefficient (Wildman–Crippen LogP) is 0.216. The molecular weight excluding hydrogens is 294 g/mol. The van der Waals surface area contributed by atoms with Gasteiger partial charge in [-0.05, 0) is 36.5 Å². The zero-order valence-electron chi connectivity index (χ0n) is 12.0. The van der Waals surface area contributed by atoms with E-state index in [1.165, 1.54) is 0 Å². The van der Waals surface area contributed by atoms with Crippen molar-refractivity contribution in [1.29, 1.82) is 0 Å². The fourth-order valence-corrected chi connectivity index (χ4v) is 1.45. The number of rotatable bonds is 7. The van der Waals surface area contributed by atoms with Crippen LogP contribution in [0, 0.1) is 0 Å². The molecule has 116 valence electrons. The molecule has 1 aromatic rings. The standard InChI is InChI=1S/C13H19N3O4S/c1-18-8-7-14-13(21)16-15-12(17)9-20-11-5-3-10(19-2)4-6-11/h3-6H,7-9H2,1-2H3,(H,15,17)(H2,14,16,21). The van der Waals surface area contributed by atoms with Gasteiger partial charge < -0.3 is 19.5 Å². The Hall–Kier alpha value is -2.06. The first kappa shape index (κ1) is 17.0. The summed E-state index contributed by atoms with van der Waals surface area (Å²) in [4.78, 5) is 11.5. The Bertz CT molecular complexity index is 453. The van der Waals surface area contributed by atoms with Crippen LogP contribution < -0.4 is 25.6 Å². The highest BCUT2D eigenvalue weighted by atomic mass is 32.1. The minimum atomic E-state index is -0.346. The zero-order chi connectivity index (χ0) is 15.5. The molecule has 0 bridgehead atoms. The Labute approximate surface area is 128 Å². The van der Waals surface area contributed by atoms with Crippen LogP contribution >= 0.6 is 12.2 Å². The van der Waals surface area contributed by atoms with Gasteiger partial charge >= 0.3 is 0 Å². The van der Waals surface area contributed by atoms with Gasteiger partial charge in [0, 0.05) is 13.7 Å². The second-order valence-corrected chi connectivity index (χ2v) is 4.29. The Morgan fingerprint density at radius 1 is 1.14 bits per heavy atom. The number of benzene rings is 1. The average Bonchev–Trinajstić information content (AvgIpc) is 2.51. The molecule has 7 nitrogen and oxygen atoms in total. The summed E-state index contributed by atoms with van der Waals surface area (Å²) in [6.07, 6.45) is 0. The number of amides is 1. The van der Waals surface area contributed by atoms with Crippen molar-refractivity contribution in [3.63, 3.8) is 0 Å². The van der Waals surface area contributed by atoms with Gasteiger partial charge in [0.05, 0.1) is 13.7 Å². The Morgan fingerprint density at radius 3 is 2.43 bits per heavy atom. The van der Waals surface area contributed by atoms with Gasteiger partial charge in [-0.25, -0.2) is 0 Å². The minimum absolute atomic E-state index is 0.125. The number of hydrogen-bond acceptors (Lipinski definition) is 5. The van der Waals surface area contributed by atoms with E-state index >= 15 is 0 Å². The predicted molar refractivity (Wildman–Crippen MR) is 82.2 cm³/mol. The summed E-state index contributed by atoms with van der Waals surface area (Å²) < 4.78 is 15.2. The van der Waals surface area contributed by atoms with Crippen LogP contribution in [-0.4, -0.2) is 45.0 Å². The Morgan fingerprint density at radius 2 is 1.81 bits per heavy atom. The SMILES string of the molecule is COCCNC(=S)NNC(=O)COc1ccc(OC)cc1. The third kappa shape index (κ3) is 7.33. The molecule has 0 unspecified atom stereocenters. The van der Waals surface area contributed by atoms with Crippen LogP contribution in [0.4, 0.5) is 0 Å². The molecule has 0 spiro atoms. The van der Waals surface area contributed by atoms with Gasteiger partial charge in [0.2, 0.25) is 0 Å². The maximum Gasteiger partial charge on any atom is 0.276 e. The van der Waals surface area contributed by atoms with Crippen LogP contribution in [0.1, 0.15) is 0 Å². The molecule has 1 amide bonds. The lowest BCUT2D eigenvalue weighted by Crippen LogP contribution is -2.48. The van der Waals surface area contributed by atoms with E-state index in [0.29, 0.717) is 24.0 Å². The molecule has 0 atom stereocenters. The van der Waals surface area contributed by atoms with Crippen molar-refractivity contribution >= 4 is 23.2 Å². The van der Waals surface area contributed by atoms with E-state index in [0.717, 1.165) is 5.75 Å². The van der Waals surface area contributed by atoms with Crippen LogP contribution in [0.25, 0.3) is 0 Å². The molecule has 1 aromatic carbocycles. The van der Waals surface area contributed by atoms with E-state index < -0.39 is 0 Å². The largest absolute Gasteiger partial charge is 0.497 e. The summed E-state index contributed by atoms with van der Waals surface area (Å²) in [5, 5.41) is 3.16. The minimum Gasteiger partial charge on any atom is -0.497 e. The highest BCUT2D eigenvalue weighted by Crippen LogP contribution is 2.16. The Kier molecular flexibility index (Phi) is 7.92. The summed E-state index contributed by atoms with van der Waals surface area (Å²) in [7, 11) is 3.18. The lowest BCUT2D eigenvalue weighted by Gasteiger charge is -2.11. The molecule has 0 aliphatic carbocycles. The molecule has 0 heterocycles. The van der Waals surface area contributed by atoms with Crippen LogP contribution in [0.3, 0.4) is 0 Å². The van der Waals surface area contributed by atoms with Gasteiger partial charge in [-0.1, -0.05) is 0 Å². The molecule has 0 fully saturated rings. The molecule has 0 saturated carbocycles. The number of ether oxygens (including phenoxy) is 3. The summed E-state index contributed by atoms with van der Waals surface area (Å²) in [5.74, 6) is 0.953. The number of carbonyl (C=O) groups excluding carboxylic acids is 1. The molecule has 0 saturated heterocycles. The van der Waals surface area contributed by atoms with Crippen molar-refractivity contribution in [3.8, 4) is 11.5 Å². The normalized spacial score (nSPS) is 9.62. The fraction of sp³-hybridized carbons (Fsp3) is 0.385. The van der Waals surface area contributed by atoms with Gasteiger partial charge in [-0.3, -0.25) is 15.6 Å². The first-order valence-corrected chi connectivity index (χ1v) is 6.65. The molecular formula is C13H19N3O4S. The molecule has 3 N–H and O–H groups in total. The van der Waals surface area contributed by atoms with Crippen LogP contribution in [0.2, 0.25) is 0 Å². The van der Waals surface area contributed by atoms with Crippen LogP contribution in [0.5, 0.6) is 11.5 Å². The van der Waals surface area contributed by atoms with Gasteiger partial charge in [0.15, 0.2) is 11.7 Å². The van der Waals surface area contributed by atoms with Gasteiger partial charge in [-0.2, -0.15) is 0 Å². The third-order valence-electron chi connectivity index (χ3n) is 2.34. The van der Waals surface area contributed by atoms with Crippen molar-refractivity contribution in [2.75, 3.05) is 34.0 Å². The maximum atomic E-state index is 11.5. The third-order valence-corrected chi connectivity index (χ3v) is 2.58. The van der Waals surface area contributed by atoms with E-state index in [1.807, 2.05) is 0 Å². The first-order valence-electron chi connectivity index (χ1n) is 6.24. The molecule has 0 aromatic heterocycles. The zero-order valence-corrected chi connectivity index (χ0v) is 12.8. The number of thiocarbonyl (C=S) groups is 1. The molecule has 0 radical (unpaired) electrons. The molecule has 0 aliphatic rings. The Balaban J connectivity index is 2.19. The van der Waals surface area contributed by atoms with Crippen molar-refractivity contribution in [2.24, 2.45) is 0 Å². The maximum absolute atomic E-state index is 11.5. The topological polar surface area (TPSA) is 80.9 Å². The van der Waals surface area contributed by atoms with Gasteiger partial charge in [0.25, 0.3) is 5.91 Å².